The van der Waals surface area contributed by atoms with Crippen molar-refractivity contribution in [3.05, 3.63) is 71.7 Å². The number of carbonyl (C=O) groups excluding carboxylic acids is 1. The molecule has 174 valence electrons. The number of nitrogens with zero attached hydrogens (tertiary/aromatic N) is 3. The summed E-state index contributed by atoms with van der Waals surface area (Å²) in [7, 11) is 1.84. The van der Waals surface area contributed by atoms with Gasteiger partial charge in [0.15, 0.2) is 0 Å². The monoisotopic (exact) mass is 448 g/mol. The van der Waals surface area contributed by atoms with Crippen molar-refractivity contribution in [2.75, 3.05) is 46.3 Å². The van der Waals surface area contributed by atoms with Crippen LogP contribution in [-0.4, -0.2) is 71.9 Å². The van der Waals surface area contributed by atoms with Gasteiger partial charge in [0.05, 0.1) is 0 Å². The standard InChI is InChI=1S/C27H33FN4O/c1-30(26(33)25-20-21-19-23(28)9-10-24(21)29-25)17-18-31-15-11-27(12-16-31,32-13-5-6-14-32)22-7-3-2-4-8-22/h2-4,7-10,19-20,29H,5-6,11-18H2,1H3. The van der Waals surface area contributed by atoms with Crippen molar-refractivity contribution < 1.29 is 9.18 Å². The Hall–Kier alpha value is -2.70. The summed E-state index contributed by atoms with van der Waals surface area (Å²) < 4.78 is 13.5. The molecule has 2 saturated heterocycles. The Kier molecular flexibility index (Phi) is 6.21. The first-order valence-electron chi connectivity index (χ1n) is 12.1. The first-order valence-corrected chi connectivity index (χ1v) is 12.1. The molecule has 0 saturated carbocycles. The van der Waals surface area contributed by atoms with E-state index in [0.717, 1.165) is 43.4 Å². The van der Waals surface area contributed by atoms with E-state index in [9.17, 15) is 9.18 Å². The van der Waals surface area contributed by atoms with E-state index in [1.54, 1.807) is 17.0 Å². The summed E-state index contributed by atoms with van der Waals surface area (Å²) >= 11 is 0. The fraction of sp³-hybridized carbons (Fsp3) is 0.444. The molecule has 5 rings (SSSR count). The number of nitrogens with one attached hydrogen (secondary N) is 1. The highest BCUT2D eigenvalue weighted by atomic mass is 19.1. The van der Waals surface area contributed by atoms with Crippen LogP contribution < -0.4 is 0 Å². The third-order valence-corrected chi connectivity index (χ3v) is 7.62. The number of likely N-dealkylation sites (tertiary alicyclic amines) is 2. The van der Waals surface area contributed by atoms with E-state index in [-0.39, 0.29) is 17.3 Å². The molecular formula is C27H33FN4O. The molecule has 2 aliphatic heterocycles. The van der Waals surface area contributed by atoms with Crippen LogP contribution in [0.1, 0.15) is 41.7 Å². The van der Waals surface area contributed by atoms with E-state index in [2.05, 4.69) is 45.1 Å². The van der Waals surface area contributed by atoms with E-state index < -0.39 is 0 Å². The van der Waals surface area contributed by atoms with Crippen molar-refractivity contribution >= 4 is 16.8 Å². The number of rotatable bonds is 6. The number of hydrogen-bond acceptors (Lipinski definition) is 3. The number of carbonyl (C=O) groups is 1. The zero-order valence-corrected chi connectivity index (χ0v) is 19.4. The summed E-state index contributed by atoms with van der Waals surface area (Å²) in [4.78, 5) is 23.0. The number of likely N-dealkylation sites (N-methyl/N-ethyl adjacent to an activating group) is 1. The molecule has 0 spiro atoms. The largest absolute Gasteiger partial charge is 0.351 e. The van der Waals surface area contributed by atoms with Gasteiger partial charge in [-0.2, -0.15) is 0 Å². The number of benzene rings is 2. The van der Waals surface area contributed by atoms with Crippen molar-refractivity contribution in [1.29, 1.82) is 0 Å². The number of hydrogen-bond donors (Lipinski definition) is 1. The van der Waals surface area contributed by atoms with Gasteiger partial charge in [-0.25, -0.2) is 4.39 Å². The number of H-pyrrole nitrogens is 1. The highest BCUT2D eigenvalue weighted by molar-refractivity contribution is 5.97. The van der Waals surface area contributed by atoms with Crippen LogP contribution in [0.15, 0.2) is 54.6 Å². The van der Waals surface area contributed by atoms with Gasteiger partial charge in [-0.3, -0.25) is 9.69 Å². The molecule has 2 aliphatic rings. The van der Waals surface area contributed by atoms with E-state index in [1.807, 2.05) is 7.05 Å². The summed E-state index contributed by atoms with van der Waals surface area (Å²) in [5.41, 5.74) is 2.89. The molecule has 0 aliphatic carbocycles. The minimum Gasteiger partial charge on any atom is -0.351 e. The van der Waals surface area contributed by atoms with Crippen molar-refractivity contribution in [2.24, 2.45) is 0 Å². The number of amides is 1. The Morgan fingerprint density at radius 1 is 1.03 bits per heavy atom. The normalized spacial score (nSPS) is 19.2. The van der Waals surface area contributed by atoms with Crippen LogP contribution >= 0.6 is 0 Å². The molecule has 0 unspecified atom stereocenters. The molecule has 6 heteroatoms. The Labute approximate surface area is 195 Å². The van der Waals surface area contributed by atoms with Gasteiger partial charge in [0.25, 0.3) is 5.91 Å². The lowest BCUT2D eigenvalue weighted by molar-refractivity contribution is 0.0312. The highest BCUT2D eigenvalue weighted by Crippen LogP contribution is 2.40. The SMILES string of the molecule is CN(CCN1CCC(c2ccccc2)(N2CCCC2)CC1)C(=O)c1cc2cc(F)ccc2[nH]1. The highest BCUT2D eigenvalue weighted by Gasteiger charge is 2.42. The smallest absolute Gasteiger partial charge is 0.270 e. The molecule has 3 aromatic rings. The van der Waals surface area contributed by atoms with Crippen molar-refractivity contribution in [3.8, 4) is 0 Å². The second-order valence-corrected chi connectivity index (χ2v) is 9.57. The summed E-state index contributed by atoms with van der Waals surface area (Å²) in [5.74, 6) is -0.348. The Balaban J connectivity index is 1.20. The zero-order valence-electron chi connectivity index (χ0n) is 19.4. The van der Waals surface area contributed by atoms with Gasteiger partial charge in [-0.05, 0) is 68.6 Å². The maximum Gasteiger partial charge on any atom is 0.270 e. The molecule has 5 nitrogen and oxygen atoms in total. The number of halogens is 1. The molecule has 0 bridgehead atoms. The molecule has 2 aromatic carbocycles. The van der Waals surface area contributed by atoms with Gasteiger partial charge in [-0.1, -0.05) is 30.3 Å². The quantitative estimate of drug-likeness (QED) is 0.605. The molecule has 0 radical (unpaired) electrons. The lowest BCUT2D eigenvalue weighted by Crippen LogP contribution is -2.53. The van der Waals surface area contributed by atoms with Crippen LogP contribution in [0.25, 0.3) is 10.9 Å². The predicted molar refractivity (Wildman–Crippen MR) is 130 cm³/mol. The summed E-state index contributed by atoms with van der Waals surface area (Å²) in [6, 6.07) is 17.3. The molecule has 1 amide bonds. The Morgan fingerprint density at radius 2 is 1.76 bits per heavy atom. The fourth-order valence-corrected chi connectivity index (χ4v) is 5.64. The maximum atomic E-state index is 13.5. The Morgan fingerprint density at radius 3 is 2.48 bits per heavy atom. The lowest BCUT2D eigenvalue weighted by atomic mass is 9.79. The van der Waals surface area contributed by atoms with E-state index in [1.165, 1.54) is 43.6 Å². The van der Waals surface area contributed by atoms with Crippen LogP contribution in [0, 0.1) is 5.82 Å². The molecule has 1 N–H and O–H groups in total. The van der Waals surface area contributed by atoms with Gasteiger partial charge in [-0.15, -0.1) is 0 Å². The minimum atomic E-state index is -0.292. The fourth-order valence-electron chi connectivity index (χ4n) is 5.64. The number of piperidine rings is 1. The third kappa shape index (κ3) is 4.42. The first-order chi connectivity index (χ1) is 16.0. The summed E-state index contributed by atoms with van der Waals surface area (Å²) in [5, 5.41) is 0.724. The predicted octanol–water partition coefficient (Wildman–Crippen LogP) is 4.47. The lowest BCUT2D eigenvalue weighted by Gasteiger charge is -2.48. The van der Waals surface area contributed by atoms with Crippen LogP contribution in [0.5, 0.6) is 0 Å². The van der Waals surface area contributed by atoms with Crippen molar-refractivity contribution in [3.63, 3.8) is 0 Å². The molecule has 2 fully saturated rings. The maximum absolute atomic E-state index is 13.5. The van der Waals surface area contributed by atoms with Gasteiger partial charge in [0, 0.05) is 49.7 Å². The van der Waals surface area contributed by atoms with Crippen LogP contribution in [0.2, 0.25) is 0 Å². The Bertz CT molecular complexity index is 1100. The second-order valence-electron chi connectivity index (χ2n) is 9.57. The van der Waals surface area contributed by atoms with Gasteiger partial charge >= 0.3 is 0 Å². The minimum absolute atomic E-state index is 0.0562. The average Bonchev–Trinajstić information content (AvgIpc) is 3.53. The van der Waals surface area contributed by atoms with Crippen LogP contribution in [0.3, 0.4) is 0 Å². The molecule has 0 atom stereocenters. The average molecular weight is 449 g/mol. The molecule has 3 heterocycles. The topological polar surface area (TPSA) is 42.6 Å². The van der Waals surface area contributed by atoms with E-state index in [4.69, 9.17) is 0 Å². The van der Waals surface area contributed by atoms with Gasteiger partial charge in [0.1, 0.15) is 11.5 Å². The number of fused-ring (bicyclic) bond motifs is 1. The van der Waals surface area contributed by atoms with E-state index >= 15 is 0 Å². The number of aromatic amines is 1. The van der Waals surface area contributed by atoms with Crippen LogP contribution in [0.4, 0.5) is 4.39 Å². The first kappa shape index (κ1) is 22.1. The summed E-state index contributed by atoms with van der Waals surface area (Å²) in [6.07, 6.45) is 4.85. The van der Waals surface area contributed by atoms with Crippen molar-refractivity contribution in [2.45, 2.75) is 31.2 Å². The van der Waals surface area contributed by atoms with Crippen molar-refractivity contribution in [1.82, 2.24) is 19.7 Å². The number of aromatic nitrogens is 1. The summed E-state index contributed by atoms with van der Waals surface area (Å²) in [6.45, 7) is 6.01. The van der Waals surface area contributed by atoms with Gasteiger partial charge < -0.3 is 14.8 Å². The third-order valence-electron chi connectivity index (χ3n) is 7.62. The van der Waals surface area contributed by atoms with E-state index in [0.29, 0.717) is 12.2 Å². The van der Waals surface area contributed by atoms with Crippen LogP contribution in [-0.2, 0) is 5.54 Å². The van der Waals surface area contributed by atoms with Gasteiger partial charge in [0.2, 0.25) is 0 Å². The molecular weight excluding hydrogens is 415 g/mol. The molecule has 33 heavy (non-hydrogen) atoms. The zero-order chi connectivity index (χ0) is 22.8. The second kappa shape index (κ2) is 9.27. The molecule has 1 aromatic heterocycles.